The summed E-state index contributed by atoms with van der Waals surface area (Å²) in [5, 5.41) is 30.8. The van der Waals surface area contributed by atoms with Crippen LogP contribution in [0, 0.1) is 0 Å². The lowest BCUT2D eigenvalue weighted by Gasteiger charge is -2.41. The fourth-order valence-corrected chi connectivity index (χ4v) is 8.32. The predicted octanol–water partition coefficient (Wildman–Crippen LogP) is 12.6. The molecule has 0 saturated carbocycles. The van der Waals surface area contributed by atoms with Gasteiger partial charge in [-0.25, -0.2) is 4.18 Å². The van der Waals surface area contributed by atoms with Gasteiger partial charge in [0.25, 0.3) is 0 Å². The SMILES string of the molecule is CC/C=C\C/C=C\C/C=C\C/C=C\CCCCCCCCCOCC(COC1OC(CO)C(O)C(OS(=O)(=O)O)C1O)OC(=O)CCCCCCCCCCC/C=C\C/C=C\CCCCCCC. The van der Waals surface area contributed by atoms with Gasteiger partial charge in [-0.1, -0.05) is 189 Å². The summed E-state index contributed by atoms with van der Waals surface area (Å²) in [6, 6.07) is 0. The lowest BCUT2D eigenvalue weighted by molar-refractivity contribution is -0.301. The van der Waals surface area contributed by atoms with E-state index in [1.54, 1.807) is 0 Å². The smallest absolute Gasteiger partial charge is 0.397 e. The highest BCUT2D eigenvalue weighted by atomic mass is 32.3. The first-order valence-electron chi connectivity index (χ1n) is 26.7. The van der Waals surface area contributed by atoms with Crippen molar-refractivity contribution in [3.05, 3.63) is 72.9 Å². The zero-order chi connectivity index (χ0) is 49.6. The second-order valence-electron chi connectivity index (χ2n) is 18.1. The fraction of sp³-hybridized carbons (Fsp3) is 0.764. The van der Waals surface area contributed by atoms with Crippen LogP contribution in [0.25, 0.3) is 0 Å². The van der Waals surface area contributed by atoms with Gasteiger partial charge >= 0.3 is 16.4 Å². The number of allylic oxidation sites excluding steroid dienone is 12. The summed E-state index contributed by atoms with van der Waals surface area (Å²) in [7, 11) is -5.07. The average molecular weight is 981 g/mol. The third-order valence-corrected chi connectivity index (χ3v) is 12.3. The molecular weight excluding hydrogens is 885 g/mol. The molecule has 13 heteroatoms. The standard InChI is InChI=1S/C55H96O12S/c1-3-5-7-9-11-13-15-17-19-21-23-25-26-28-30-32-34-36-38-40-42-44-51(57)65-49(48-64-55-53(59)54(67-68(60,61)62)52(58)50(46-56)66-55)47-63-45-43-41-39-37-35-33-31-29-27-24-22-20-18-16-14-12-10-8-6-4-2/h6,8,12,14-15,17-18,20-21,23-24,27,49-50,52-56,58-59H,3-5,7,9-11,13,16,19,22,25-26,28-48H2,1-2H3,(H,60,61,62)/b8-6-,14-12-,17-15-,20-18-,23-21-,27-24-. The molecule has 1 saturated heterocycles. The Bertz CT molecular complexity index is 1460. The predicted molar refractivity (Wildman–Crippen MR) is 276 cm³/mol. The first-order valence-corrected chi connectivity index (χ1v) is 28.1. The minimum Gasteiger partial charge on any atom is -0.457 e. The third-order valence-electron chi connectivity index (χ3n) is 11.8. The van der Waals surface area contributed by atoms with Crippen LogP contribution < -0.4 is 0 Å². The molecule has 12 nitrogen and oxygen atoms in total. The van der Waals surface area contributed by atoms with Gasteiger partial charge in [0.15, 0.2) is 6.29 Å². The molecule has 0 aromatic rings. The third kappa shape index (κ3) is 38.3. The molecule has 0 radical (unpaired) electrons. The maximum Gasteiger partial charge on any atom is 0.397 e. The Morgan fingerprint density at radius 3 is 1.49 bits per heavy atom. The Morgan fingerprint density at radius 2 is 1.01 bits per heavy atom. The van der Waals surface area contributed by atoms with Crippen LogP contribution in [0.15, 0.2) is 72.9 Å². The van der Waals surface area contributed by atoms with Crippen LogP contribution >= 0.6 is 0 Å². The molecule has 1 fully saturated rings. The lowest BCUT2D eigenvalue weighted by Crippen LogP contribution is -2.60. The Kier molecular flexibility index (Phi) is 42.7. The van der Waals surface area contributed by atoms with Crippen molar-refractivity contribution < 1.29 is 56.2 Å². The van der Waals surface area contributed by atoms with Crippen molar-refractivity contribution in [2.24, 2.45) is 0 Å². The van der Waals surface area contributed by atoms with E-state index in [-0.39, 0.29) is 19.6 Å². The van der Waals surface area contributed by atoms with E-state index in [4.69, 9.17) is 18.9 Å². The molecule has 1 rings (SSSR count). The van der Waals surface area contributed by atoms with Crippen molar-refractivity contribution in [2.75, 3.05) is 26.4 Å². The summed E-state index contributed by atoms with van der Waals surface area (Å²) < 4.78 is 59.3. The van der Waals surface area contributed by atoms with Crippen LogP contribution in [0.5, 0.6) is 0 Å². The number of unbranched alkanes of at least 4 members (excludes halogenated alkanes) is 21. The van der Waals surface area contributed by atoms with Gasteiger partial charge in [-0.05, 0) is 83.5 Å². The zero-order valence-electron chi connectivity index (χ0n) is 42.4. The van der Waals surface area contributed by atoms with Crippen molar-refractivity contribution in [2.45, 2.75) is 243 Å². The molecule has 0 spiro atoms. The summed E-state index contributed by atoms with van der Waals surface area (Å²) >= 11 is 0. The van der Waals surface area contributed by atoms with E-state index in [0.29, 0.717) is 13.0 Å². The van der Waals surface area contributed by atoms with E-state index < -0.39 is 59.8 Å². The number of hydrogen-bond acceptors (Lipinski definition) is 11. The van der Waals surface area contributed by atoms with Crippen molar-refractivity contribution in [1.29, 1.82) is 0 Å². The van der Waals surface area contributed by atoms with Crippen LogP contribution in [0.3, 0.4) is 0 Å². The molecule has 68 heavy (non-hydrogen) atoms. The topological polar surface area (TPSA) is 178 Å². The lowest BCUT2D eigenvalue weighted by atomic mass is 9.99. The van der Waals surface area contributed by atoms with E-state index >= 15 is 0 Å². The Hall–Kier alpha value is -2.46. The summed E-state index contributed by atoms with van der Waals surface area (Å²) in [5.74, 6) is -0.409. The van der Waals surface area contributed by atoms with Crippen LogP contribution in [0.4, 0.5) is 0 Å². The fourth-order valence-electron chi connectivity index (χ4n) is 7.81. The molecule has 6 unspecified atom stereocenters. The maximum atomic E-state index is 12.9. The molecular formula is C55H96O12S. The molecule has 0 aliphatic carbocycles. The molecule has 1 aliphatic rings. The van der Waals surface area contributed by atoms with Crippen molar-refractivity contribution in [1.82, 2.24) is 0 Å². The Labute approximate surface area is 413 Å². The molecule has 1 aliphatic heterocycles. The van der Waals surface area contributed by atoms with Gasteiger partial charge in [-0.2, -0.15) is 8.42 Å². The van der Waals surface area contributed by atoms with Crippen molar-refractivity contribution in [3.63, 3.8) is 0 Å². The monoisotopic (exact) mass is 981 g/mol. The van der Waals surface area contributed by atoms with Gasteiger partial charge in [0, 0.05) is 13.0 Å². The first-order chi connectivity index (χ1) is 33.1. The van der Waals surface area contributed by atoms with Gasteiger partial charge in [0.05, 0.1) is 19.8 Å². The highest BCUT2D eigenvalue weighted by Crippen LogP contribution is 2.26. The summed E-state index contributed by atoms with van der Waals surface area (Å²) in [5.41, 5.74) is 0. The van der Waals surface area contributed by atoms with Gasteiger partial charge in [0.1, 0.15) is 30.5 Å². The molecule has 6 atom stereocenters. The van der Waals surface area contributed by atoms with Gasteiger partial charge in [0.2, 0.25) is 0 Å². The van der Waals surface area contributed by atoms with E-state index in [0.717, 1.165) is 89.9 Å². The van der Waals surface area contributed by atoms with Gasteiger partial charge in [-0.3, -0.25) is 9.35 Å². The van der Waals surface area contributed by atoms with Gasteiger partial charge in [-0.15, -0.1) is 0 Å². The summed E-state index contributed by atoms with van der Waals surface area (Å²) in [6.07, 6.45) is 50.7. The van der Waals surface area contributed by atoms with E-state index in [2.05, 4.69) is 90.9 Å². The minimum absolute atomic E-state index is 0.0236. The van der Waals surface area contributed by atoms with Crippen LogP contribution in [0.1, 0.15) is 206 Å². The minimum atomic E-state index is -5.07. The molecule has 1 heterocycles. The number of carbonyl (C=O) groups is 1. The van der Waals surface area contributed by atoms with E-state index in [1.807, 2.05) is 0 Å². The number of rotatable bonds is 46. The first kappa shape index (κ1) is 63.6. The molecule has 0 aromatic carbocycles. The molecule has 0 amide bonds. The maximum absolute atomic E-state index is 12.9. The number of hydrogen-bond donors (Lipinski definition) is 4. The van der Waals surface area contributed by atoms with E-state index in [1.165, 1.54) is 89.9 Å². The van der Waals surface area contributed by atoms with Crippen molar-refractivity contribution in [3.8, 4) is 0 Å². The second-order valence-corrected chi connectivity index (χ2v) is 19.1. The Balaban J connectivity index is 2.36. The molecule has 0 bridgehead atoms. The van der Waals surface area contributed by atoms with Crippen LogP contribution in [0.2, 0.25) is 0 Å². The Morgan fingerprint density at radius 1 is 0.574 bits per heavy atom. The van der Waals surface area contributed by atoms with Gasteiger partial charge < -0.3 is 34.3 Å². The van der Waals surface area contributed by atoms with Crippen LogP contribution in [-0.4, -0.2) is 97.5 Å². The normalized spacial score (nSPS) is 19.9. The quantitative estimate of drug-likeness (QED) is 0.0197. The largest absolute Gasteiger partial charge is 0.457 e. The average Bonchev–Trinajstić information content (AvgIpc) is 3.31. The van der Waals surface area contributed by atoms with Crippen molar-refractivity contribution >= 4 is 16.4 Å². The highest BCUT2D eigenvalue weighted by molar-refractivity contribution is 7.80. The van der Waals surface area contributed by atoms with E-state index in [9.17, 15) is 33.1 Å². The highest BCUT2D eigenvalue weighted by Gasteiger charge is 2.48. The van der Waals surface area contributed by atoms with Crippen LogP contribution in [-0.2, 0) is 38.3 Å². The number of esters is 1. The number of ether oxygens (including phenoxy) is 4. The number of aliphatic hydroxyl groups is 3. The number of aliphatic hydroxyl groups excluding tert-OH is 3. The summed E-state index contributed by atoms with van der Waals surface area (Å²) in [4.78, 5) is 12.9. The second kappa shape index (κ2) is 45.7. The number of carbonyl (C=O) groups excluding carboxylic acids is 1. The summed E-state index contributed by atoms with van der Waals surface area (Å²) in [6.45, 7) is 3.85. The molecule has 4 N–H and O–H groups in total. The molecule has 0 aromatic heterocycles. The molecule has 394 valence electrons. The zero-order valence-corrected chi connectivity index (χ0v) is 43.2.